The Morgan fingerprint density at radius 3 is 2.57 bits per heavy atom. The third kappa shape index (κ3) is 4.33. The fourth-order valence-electron chi connectivity index (χ4n) is 1.70. The average Bonchev–Trinajstić information content (AvgIpc) is 2.53. The molecule has 1 aliphatic rings. The van der Waals surface area contributed by atoms with Gasteiger partial charge >= 0.3 is 6.98 Å². The van der Waals surface area contributed by atoms with Crippen LogP contribution in [0.1, 0.15) is 19.8 Å². The number of nitrogens with zero attached hydrogens (tertiary/aromatic N) is 1. The van der Waals surface area contributed by atoms with E-state index in [0.29, 0.717) is 19.7 Å². The van der Waals surface area contributed by atoms with Crippen LogP contribution in [0, 0.1) is 0 Å². The summed E-state index contributed by atoms with van der Waals surface area (Å²) in [6.07, 6.45) is 1.10. The standard InChI is InChI=1S/C8H16BF3NO/c1-2-13(7-9(10,11)12)6-8-4-3-5-14-8/h8H,2-7H2,1H3/q-1. The first-order valence-electron chi connectivity index (χ1n) is 5.06. The van der Waals surface area contributed by atoms with Crippen LogP contribution in [-0.4, -0.2) is 44.1 Å². The van der Waals surface area contributed by atoms with Crippen molar-refractivity contribution in [1.29, 1.82) is 0 Å². The summed E-state index contributed by atoms with van der Waals surface area (Å²) in [5.74, 6) is 0. The second-order valence-electron chi connectivity index (χ2n) is 3.70. The van der Waals surface area contributed by atoms with Crippen LogP contribution in [0.2, 0.25) is 0 Å². The Morgan fingerprint density at radius 1 is 1.43 bits per heavy atom. The Kier molecular flexibility index (Phi) is 4.25. The Morgan fingerprint density at radius 2 is 2.14 bits per heavy atom. The minimum absolute atomic E-state index is 0.00750. The van der Waals surface area contributed by atoms with Gasteiger partial charge in [0.05, 0.1) is 6.10 Å². The van der Waals surface area contributed by atoms with Crippen LogP contribution in [0.4, 0.5) is 12.9 Å². The molecule has 0 bridgehead atoms. The van der Waals surface area contributed by atoms with Gasteiger partial charge in [-0.1, -0.05) is 6.92 Å². The van der Waals surface area contributed by atoms with E-state index < -0.39 is 13.4 Å². The van der Waals surface area contributed by atoms with Crippen molar-refractivity contribution in [1.82, 2.24) is 4.90 Å². The molecule has 1 unspecified atom stereocenters. The highest BCUT2D eigenvalue weighted by Gasteiger charge is 2.27. The first-order chi connectivity index (χ1) is 6.51. The van der Waals surface area contributed by atoms with Crippen LogP contribution in [0.25, 0.3) is 0 Å². The molecule has 1 saturated heterocycles. The molecule has 84 valence electrons. The van der Waals surface area contributed by atoms with E-state index in [1.807, 2.05) is 0 Å². The lowest BCUT2D eigenvalue weighted by molar-refractivity contribution is 0.0776. The summed E-state index contributed by atoms with van der Waals surface area (Å²) in [5.41, 5.74) is 0. The van der Waals surface area contributed by atoms with Crippen LogP contribution >= 0.6 is 0 Å². The van der Waals surface area contributed by atoms with Gasteiger partial charge in [0.2, 0.25) is 0 Å². The topological polar surface area (TPSA) is 12.5 Å². The number of halogens is 3. The lowest BCUT2D eigenvalue weighted by atomic mass is 9.91. The molecule has 0 amide bonds. The van der Waals surface area contributed by atoms with Gasteiger partial charge in [0.1, 0.15) is 0 Å². The van der Waals surface area contributed by atoms with Crippen LogP contribution in [0.5, 0.6) is 0 Å². The highest BCUT2D eigenvalue weighted by atomic mass is 19.4. The minimum atomic E-state index is -4.71. The smallest absolute Gasteiger partial charge is 0.448 e. The zero-order valence-corrected chi connectivity index (χ0v) is 8.39. The summed E-state index contributed by atoms with van der Waals surface area (Å²) in [6, 6.07) is 0. The Bertz CT molecular complexity index is 170. The van der Waals surface area contributed by atoms with Crippen LogP contribution < -0.4 is 0 Å². The van der Waals surface area contributed by atoms with Crippen LogP contribution in [0.15, 0.2) is 0 Å². The molecule has 0 aromatic rings. The van der Waals surface area contributed by atoms with E-state index in [1.54, 1.807) is 6.92 Å². The average molecular weight is 210 g/mol. The van der Waals surface area contributed by atoms with Crippen molar-refractivity contribution in [2.45, 2.75) is 25.9 Å². The number of hydrogen-bond acceptors (Lipinski definition) is 2. The number of ether oxygens (including phenoxy) is 1. The van der Waals surface area contributed by atoms with E-state index in [-0.39, 0.29) is 6.10 Å². The van der Waals surface area contributed by atoms with Gasteiger partial charge in [0.15, 0.2) is 0 Å². The van der Waals surface area contributed by atoms with Crippen LogP contribution in [0.3, 0.4) is 0 Å². The number of likely N-dealkylation sites (N-methyl/N-ethyl adjacent to an activating group) is 1. The fraction of sp³-hybridized carbons (Fsp3) is 1.00. The molecule has 1 aliphatic heterocycles. The fourth-order valence-corrected chi connectivity index (χ4v) is 1.70. The molecule has 1 fully saturated rings. The largest absolute Gasteiger partial charge is 0.492 e. The zero-order valence-electron chi connectivity index (χ0n) is 8.39. The molecule has 0 aliphatic carbocycles. The predicted octanol–water partition coefficient (Wildman–Crippen LogP) is 1.87. The lowest BCUT2D eigenvalue weighted by Gasteiger charge is -2.28. The first kappa shape index (κ1) is 11.8. The molecule has 1 heterocycles. The second-order valence-corrected chi connectivity index (χ2v) is 3.70. The van der Waals surface area contributed by atoms with Crippen molar-refractivity contribution in [3.8, 4) is 0 Å². The van der Waals surface area contributed by atoms with Gasteiger partial charge in [-0.3, -0.25) is 0 Å². The van der Waals surface area contributed by atoms with Gasteiger partial charge in [0.25, 0.3) is 0 Å². The van der Waals surface area contributed by atoms with Crippen molar-refractivity contribution in [2.75, 3.05) is 26.1 Å². The summed E-state index contributed by atoms with van der Waals surface area (Å²) < 4.78 is 41.7. The van der Waals surface area contributed by atoms with Gasteiger partial charge in [-0.25, -0.2) is 0 Å². The van der Waals surface area contributed by atoms with E-state index >= 15 is 0 Å². The van der Waals surface area contributed by atoms with Crippen molar-refractivity contribution in [3.63, 3.8) is 0 Å². The third-order valence-corrected chi connectivity index (χ3v) is 2.40. The van der Waals surface area contributed by atoms with Crippen molar-refractivity contribution in [3.05, 3.63) is 0 Å². The van der Waals surface area contributed by atoms with Crippen molar-refractivity contribution < 1.29 is 17.7 Å². The van der Waals surface area contributed by atoms with Crippen molar-refractivity contribution >= 4 is 6.98 Å². The normalized spacial score (nSPS) is 23.4. The second kappa shape index (κ2) is 5.02. The molecular weight excluding hydrogens is 194 g/mol. The van der Waals surface area contributed by atoms with E-state index in [2.05, 4.69) is 0 Å². The summed E-state index contributed by atoms with van der Waals surface area (Å²) in [4.78, 5) is 1.41. The molecule has 0 radical (unpaired) electrons. The molecule has 0 saturated carbocycles. The molecule has 0 N–H and O–H groups in total. The summed E-state index contributed by atoms with van der Waals surface area (Å²) in [6.45, 7) is -1.42. The molecule has 0 spiro atoms. The summed E-state index contributed by atoms with van der Waals surface area (Å²) >= 11 is 0. The van der Waals surface area contributed by atoms with E-state index in [0.717, 1.165) is 12.8 Å². The van der Waals surface area contributed by atoms with Gasteiger partial charge in [0, 0.05) is 13.2 Å². The highest BCUT2D eigenvalue weighted by molar-refractivity contribution is 6.58. The molecular formula is C8H16BF3NO-. The van der Waals surface area contributed by atoms with Crippen LogP contribution in [-0.2, 0) is 4.74 Å². The molecule has 2 nitrogen and oxygen atoms in total. The molecule has 14 heavy (non-hydrogen) atoms. The molecule has 1 atom stereocenters. The van der Waals surface area contributed by atoms with Gasteiger partial charge in [-0.05, 0) is 25.8 Å². The SMILES string of the molecule is CCN(CC1CCCO1)C[B-](F)(F)F. The monoisotopic (exact) mass is 210 g/mol. The Balaban J connectivity index is 2.30. The van der Waals surface area contributed by atoms with E-state index in [9.17, 15) is 12.9 Å². The van der Waals surface area contributed by atoms with Crippen molar-refractivity contribution in [2.24, 2.45) is 0 Å². The Hall–Kier alpha value is -0.225. The van der Waals surface area contributed by atoms with E-state index in [4.69, 9.17) is 4.74 Å². The van der Waals surface area contributed by atoms with Gasteiger partial charge in [-0.2, -0.15) is 0 Å². The third-order valence-electron chi connectivity index (χ3n) is 2.40. The highest BCUT2D eigenvalue weighted by Crippen LogP contribution is 2.16. The maximum absolute atomic E-state index is 12.1. The van der Waals surface area contributed by atoms with E-state index in [1.165, 1.54) is 4.90 Å². The van der Waals surface area contributed by atoms with Gasteiger partial charge < -0.3 is 22.6 Å². The zero-order chi connectivity index (χ0) is 10.6. The first-order valence-corrected chi connectivity index (χ1v) is 5.06. The Labute approximate surface area is 82.5 Å². The maximum atomic E-state index is 12.1. The molecule has 6 heteroatoms. The molecule has 1 rings (SSSR count). The molecule has 0 aromatic carbocycles. The summed E-state index contributed by atoms with van der Waals surface area (Å²) in [7, 11) is 0. The lowest BCUT2D eigenvalue weighted by Crippen LogP contribution is -2.41. The quantitative estimate of drug-likeness (QED) is 0.642. The molecule has 0 aromatic heterocycles. The maximum Gasteiger partial charge on any atom is 0.492 e. The number of hydrogen-bond donors (Lipinski definition) is 0. The number of rotatable bonds is 5. The summed E-state index contributed by atoms with van der Waals surface area (Å²) in [5, 5.41) is 0. The minimum Gasteiger partial charge on any atom is -0.448 e. The predicted molar refractivity (Wildman–Crippen MR) is 50.2 cm³/mol. The van der Waals surface area contributed by atoms with Gasteiger partial charge in [-0.15, -0.1) is 0 Å².